The van der Waals surface area contributed by atoms with Gasteiger partial charge in [-0.25, -0.2) is 0 Å². The molecule has 0 bridgehead atoms. The highest BCUT2D eigenvalue weighted by Gasteiger charge is 2.23. The predicted molar refractivity (Wildman–Crippen MR) is 79.2 cm³/mol. The Morgan fingerprint density at radius 3 is 1.80 bits per heavy atom. The minimum Gasteiger partial charge on any atom is -0.495 e. The monoisotopic (exact) mass is 284 g/mol. The second-order valence-electron chi connectivity index (χ2n) is 6.95. The molecule has 0 aliphatic carbocycles. The van der Waals surface area contributed by atoms with Crippen LogP contribution < -0.4 is 0 Å². The van der Waals surface area contributed by atoms with E-state index in [1.807, 2.05) is 20.8 Å². The summed E-state index contributed by atoms with van der Waals surface area (Å²) in [5, 5.41) is 0. The van der Waals surface area contributed by atoms with Gasteiger partial charge < -0.3 is 9.47 Å². The van der Waals surface area contributed by atoms with E-state index < -0.39 is 5.41 Å². The number of hydrogen-bond acceptors (Lipinski definition) is 4. The van der Waals surface area contributed by atoms with Crippen LogP contribution in [0.15, 0.2) is 12.3 Å². The maximum atomic E-state index is 11.7. The van der Waals surface area contributed by atoms with Crippen molar-refractivity contribution in [2.45, 2.75) is 54.4 Å². The summed E-state index contributed by atoms with van der Waals surface area (Å²) in [7, 11) is 0. The summed E-state index contributed by atoms with van der Waals surface area (Å²) in [6, 6.07) is 0. The number of esters is 1. The van der Waals surface area contributed by atoms with Gasteiger partial charge in [0.2, 0.25) is 0 Å². The fourth-order valence-electron chi connectivity index (χ4n) is 1.24. The van der Waals surface area contributed by atoms with Crippen molar-refractivity contribution in [3.8, 4) is 0 Å². The summed E-state index contributed by atoms with van der Waals surface area (Å²) in [5.74, 6) is 0.477. The molecule has 0 saturated carbocycles. The molecule has 0 aromatic rings. The molecule has 0 atom stereocenters. The smallest absolute Gasteiger partial charge is 0.311 e. The molecule has 0 radical (unpaired) electrons. The van der Waals surface area contributed by atoms with Gasteiger partial charge in [-0.3, -0.25) is 9.59 Å². The SMILES string of the molecule is C=C(CCC(=O)C(C)(C)C)OCCOC(=O)C(C)(C)C. The minimum atomic E-state index is -0.504. The lowest BCUT2D eigenvalue weighted by Crippen LogP contribution is -2.24. The standard InChI is InChI=1S/C16H28O4/c1-12(8-9-13(17)15(2,3)4)19-10-11-20-14(18)16(5,6)7/h1,8-11H2,2-7H3. The molecule has 4 nitrogen and oxygen atoms in total. The van der Waals surface area contributed by atoms with Crippen molar-refractivity contribution >= 4 is 11.8 Å². The van der Waals surface area contributed by atoms with Crippen LogP contribution in [-0.2, 0) is 19.1 Å². The van der Waals surface area contributed by atoms with Crippen LogP contribution in [0.1, 0.15) is 54.4 Å². The second kappa shape index (κ2) is 7.46. The highest BCUT2D eigenvalue weighted by atomic mass is 16.6. The third kappa shape index (κ3) is 7.97. The molecule has 116 valence electrons. The van der Waals surface area contributed by atoms with E-state index in [-0.39, 0.29) is 30.4 Å². The lowest BCUT2D eigenvalue weighted by molar-refractivity contribution is -0.154. The average molecular weight is 284 g/mol. The Balaban J connectivity index is 3.81. The molecule has 0 aromatic heterocycles. The number of hydrogen-bond donors (Lipinski definition) is 0. The van der Waals surface area contributed by atoms with E-state index in [4.69, 9.17) is 9.47 Å². The van der Waals surface area contributed by atoms with Crippen molar-refractivity contribution in [2.75, 3.05) is 13.2 Å². The molecule has 0 heterocycles. The molecule has 0 aliphatic rings. The van der Waals surface area contributed by atoms with E-state index in [9.17, 15) is 9.59 Å². The van der Waals surface area contributed by atoms with Gasteiger partial charge in [-0.15, -0.1) is 0 Å². The highest BCUT2D eigenvalue weighted by molar-refractivity contribution is 5.83. The van der Waals surface area contributed by atoms with Crippen molar-refractivity contribution in [1.82, 2.24) is 0 Å². The Morgan fingerprint density at radius 1 is 0.850 bits per heavy atom. The van der Waals surface area contributed by atoms with Gasteiger partial charge in [0, 0.05) is 18.3 Å². The van der Waals surface area contributed by atoms with E-state index in [1.165, 1.54) is 0 Å². The Hall–Kier alpha value is -1.32. The molecule has 0 aliphatic heterocycles. The zero-order chi connectivity index (χ0) is 16.0. The van der Waals surface area contributed by atoms with E-state index in [2.05, 4.69) is 6.58 Å². The molecule has 4 heteroatoms. The van der Waals surface area contributed by atoms with Gasteiger partial charge in [0.15, 0.2) is 0 Å². The Labute approximate surface area is 122 Å². The van der Waals surface area contributed by atoms with Crippen molar-refractivity contribution in [3.05, 3.63) is 12.3 Å². The Bertz CT molecular complexity index is 356. The zero-order valence-electron chi connectivity index (χ0n) is 13.7. The predicted octanol–water partition coefficient (Wildman–Crippen LogP) is 3.50. The summed E-state index contributed by atoms with van der Waals surface area (Å²) in [5.41, 5.74) is -0.835. The fraction of sp³-hybridized carbons (Fsp3) is 0.750. The lowest BCUT2D eigenvalue weighted by Gasteiger charge is -2.18. The summed E-state index contributed by atoms with van der Waals surface area (Å²) in [4.78, 5) is 23.2. The number of allylic oxidation sites excluding steroid dienone is 1. The minimum absolute atomic E-state index is 0.182. The first-order valence-corrected chi connectivity index (χ1v) is 6.95. The maximum absolute atomic E-state index is 11.7. The van der Waals surface area contributed by atoms with Crippen LogP contribution in [0.25, 0.3) is 0 Å². The summed E-state index contributed by atoms with van der Waals surface area (Å²) < 4.78 is 10.4. The third-order valence-electron chi connectivity index (χ3n) is 2.70. The molecular formula is C16H28O4. The Kier molecular flexibility index (Phi) is 6.97. The van der Waals surface area contributed by atoms with Gasteiger partial charge in [-0.05, 0) is 20.8 Å². The quantitative estimate of drug-likeness (QED) is 0.408. The number of ether oxygens (including phenoxy) is 2. The van der Waals surface area contributed by atoms with Gasteiger partial charge >= 0.3 is 5.97 Å². The largest absolute Gasteiger partial charge is 0.495 e. The summed E-state index contributed by atoms with van der Waals surface area (Å²) >= 11 is 0. The van der Waals surface area contributed by atoms with Gasteiger partial charge in [-0.1, -0.05) is 27.4 Å². The number of Topliss-reactive ketones (excluding diaryl/α,β-unsaturated/α-hetero) is 1. The topological polar surface area (TPSA) is 52.6 Å². The normalized spacial score (nSPS) is 11.9. The summed E-state index contributed by atoms with van der Waals surface area (Å²) in [6.45, 7) is 15.3. The molecule has 0 spiro atoms. The first-order chi connectivity index (χ1) is 8.94. The average Bonchev–Trinajstić information content (AvgIpc) is 2.28. The molecule has 0 fully saturated rings. The number of carbonyl (C=O) groups excluding carboxylic acids is 2. The van der Waals surface area contributed by atoms with Crippen LogP contribution >= 0.6 is 0 Å². The van der Waals surface area contributed by atoms with E-state index >= 15 is 0 Å². The van der Waals surface area contributed by atoms with Crippen molar-refractivity contribution in [3.63, 3.8) is 0 Å². The lowest BCUT2D eigenvalue weighted by atomic mass is 9.88. The molecule has 0 saturated heterocycles. The molecule has 20 heavy (non-hydrogen) atoms. The molecule has 0 unspecified atom stereocenters. The van der Waals surface area contributed by atoms with Crippen LogP contribution in [0.4, 0.5) is 0 Å². The first-order valence-electron chi connectivity index (χ1n) is 6.95. The fourth-order valence-corrected chi connectivity index (χ4v) is 1.24. The zero-order valence-corrected chi connectivity index (χ0v) is 13.7. The third-order valence-corrected chi connectivity index (χ3v) is 2.70. The van der Waals surface area contributed by atoms with Gasteiger partial charge in [0.25, 0.3) is 0 Å². The van der Waals surface area contributed by atoms with Gasteiger partial charge in [-0.2, -0.15) is 0 Å². The Morgan fingerprint density at radius 2 is 1.35 bits per heavy atom. The van der Waals surface area contributed by atoms with Crippen LogP contribution in [0.5, 0.6) is 0 Å². The number of carbonyl (C=O) groups is 2. The molecule has 0 amide bonds. The van der Waals surface area contributed by atoms with E-state index in [1.54, 1.807) is 20.8 Å². The van der Waals surface area contributed by atoms with E-state index in [0.29, 0.717) is 18.6 Å². The van der Waals surface area contributed by atoms with Crippen LogP contribution in [0.2, 0.25) is 0 Å². The number of ketones is 1. The highest BCUT2D eigenvalue weighted by Crippen LogP contribution is 2.19. The van der Waals surface area contributed by atoms with Gasteiger partial charge in [0.05, 0.1) is 11.2 Å². The first kappa shape index (κ1) is 18.7. The maximum Gasteiger partial charge on any atom is 0.311 e. The van der Waals surface area contributed by atoms with Crippen LogP contribution in [0.3, 0.4) is 0 Å². The molecular weight excluding hydrogens is 256 g/mol. The molecule has 0 rings (SSSR count). The van der Waals surface area contributed by atoms with Crippen molar-refractivity contribution in [1.29, 1.82) is 0 Å². The van der Waals surface area contributed by atoms with Crippen LogP contribution in [-0.4, -0.2) is 25.0 Å². The molecule has 0 N–H and O–H groups in total. The van der Waals surface area contributed by atoms with Gasteiger partial charge in [0.1, 0.15) is 19.0 Å². The van der Waals surface area contributed by atoms with Crippen LogP contribution in [0, 0.1) is 10.8 Å². The molecule has 0 aromatic carbocycles. The van der Waals surface area contributed by atoms with E-state index in [0.717, 1.165) is 0 Å². The number of rotatable bonds is 7. The summed E-state index contributed by atoms with van der Waals surface area (Å²) in [6.07, 6.45) is 0.924. The van der Waals surface area contributed by atoms with Crippen molar-refractivity contribution < 1.29 is 19.1 Å². The second-order valence-corrected chi connectivity index (χ2v) is 6.95. The van der Waals surface area contributed by atoms with Crippen molar-refractivity contribution in [2.24, 2.45) is 10.8 Å².